The molecule has 0 aromatic carbocycles. The fourth-order valence-electron chi connectivity index (χ4n) is 4.12. The molecule has 1 aromatic heterocycles. The molecule has 2 atom stereocenters. The van der Waals surface area contributed by atoms with Crippen LogP contribution in [0, 0.1) is 5.92 Å². The fourth-order valence-corrected chi connectivity index (χ4v) is 4.12. The summed E-state index contributed by atoms with van der Waals surface area (Å²) < 4.78 is 8.35. The molecule has 0 saturated carbocycles. The summed E-state index contributed by atoms with van der Waals surface area (Å²) in [7, 11) is 0. The van der Waals surface area contributed by atoms with Gasteiger partial charge in [-0.05, 0) is 40.0 Å². The highest BCUT2D eigenvalue weighted by Gasteiger charge is 2.47. The van der Waals surface area contributed by atoms with E-state index in [0.717, 1.165) is 44.6 Å². The van der Waals surface area contributed by atoms with Crippen molar-refractivity contribution in [1.29, 1.82) is 0 Å². The predicted molar refractivity (Wildman–Crippen MR) is 89.1 cm³/mol. The maximum absolute atomic E-state index is 12.7. The third-order valence-corrected chi connectivity index (χ3v) is 5.56. The number of aryl methyl sites for hydroxylation is 1. The summed E-state index contributed by atoms with van der Waals surface area (Å²) in [6, 6.07) is 0. The first kappa shape index (κ1) is 16.5. The Kier molecular flexibility index (Phi) is 4.25. The van der Waals surface area contributed by atoms with Crippen LogP contribution in [0.1, 0.15) is 52.8 Å². The van der Waals surface area contributed by atoms with Gasteiger partial charge in [-0.1, -0.05) is 6.92 Å². The van der Waals surface area contributed by atoms with E-state index < -0.39 is 0 Å². The molecule has 2 aliphatic heterocycles. The zero-order chi connectivity index (χ0) is 16.7. The number of fused-ring (bicyclic) bond motifs is 1. The van der Waals surface area contributed by atoms with Crippen LogP contribution in [-0.4, -0.2) is 44.6 Å². The highest BCUT2D eigenvalue weighted by atomic mass is 16.5. The van der Waals surface area contributed by atoms with Crippen molar-refractivity contribution >= 4 is 5.91 Å². The van der Waals surface area contributed by atoms with E-state index in [1.165, 1.54) is 0 Å². The molecule has 1 aromatic rings. The summed E-state index contributed by atoms with van der Waals surface area (Å²) in [5.41, 5.74) is -0.119. The molecule has 5 nitrogen and oxygen atoms in total. The number of nitrogens with zero attached hydrogens (tertiary/aromatic N) is 3. The number of aromatic nitrogens is 2. The number of piperidine rings is 1. The van der Waals surface area contributed by atoms with Gasteiger partial charge in [-0.3, -0.25) is 4.79 Å². The van der Waals surface area contributed by atoms with E-state index in [1.54, 1.807) is 6.20 Å². The van der Waals surface area contributed by atoms with Crippen LogP contribution in [0.15, 0.2) is 12.4 Å². The first-order valence-electron chi connectivity index (χ1n) is 8.81. The van der Waals surface area contributed by atoms with Crippen molar-refractivity contribution in [3.8, 4) is 0 Å². The van der Waals surface area contributed by atoms with Gasteiger partial charge in [-0.15, -0.1) is 0 Å². The number of likely N-dealkylation sites (tertiary alicyclic amines) is 1. The Morgan fingerprint density at radius 1 is 1.39 bits per heavy atom. The van der Waals surface area contributed by atoms with E-state index in [4.69, 9.17) is 4.74 Å². The Labute approximate surface area is 139 Å². The number of hydrogen-bond donors (Lipinski definition) is 0. The standard InChI is InChI=1S/C18H29N3O2/c1-5-15-19-9-11-20(15)13-16(22)21-10-8-18(4)14(12-21)6-7-17(2,3)23-18/h9,11,14H,5-8,10,12-13H2,1-4H3/t14-,18+/m0/s1. The van der Waals surface area contributed by atoms with Crippen LogP contribution < -0.4 is 0 Å². The number of carbonyl (C=O) groups excluding carboxylic acids is 1. The Morgan fingerprint density at radius 3 is 2.91 bits per heavy atom. The maximum atomic E-state index is 12.7. The number of carbonyl (C=O) groups is 1. The van der Waals surface area contributed by atoms with E-state index in [-0.39, 0.29) is 17.1 Å². The Morgan fingerprint density at radius 2 is 2.17 bits per heavy atom. The second-order valence-corrected chi connectivity index (χ2v) is 7.82. The van der Waals surface area contributed by atoms with Crippen molar-refractivity contribution in [2.75, 3.05) is 13.1 Å². The quantitative estimate of drug-likeness (QED) is 0.860. The van der Waals surface area contributed by atoms with Gasteiger partial charge < -0.3 is 14.2 Å². The summed E-state index contributed by atoms with van der Waals surface area (Å²) in [5.74, 6) is 1.62. The molecule has 2 saturated heterocycles. The molecule has 0 aliphatic carbocycles. The molecule has 0 spiro atoms. The van der Waals surface area contributed by atoms with E-state index in [0.29, 0.717) is 12.5 Å². The average molecular weight is 319 g/mol. The number of imidazole rings is 1. The van der Waals surface area contributed by atoms with Gasteiger partial charge in [-0.25, -0.2) is 4.98 Å². The van der Waals surface area contributed by atoms with Crippen molar-refractivity contribution in [2.45, 2.75) is 71.1 Å². The highest BCUT2D eigenvalue weighted by molar-refractivity contribution is 5.76. The van der Waals surface area contributed by atoms with Gasteiger partial charge in [0, 0.05) is 37.8 Å². The molecule has 0 radical (unpaired) electrons. The van der Waals surface area contributed by atoms with E-state index in [9.17, 15) is 4.79 Å². The summed E-state index contributed by atoms with van der Waals surface area (Å²) in [5, 5.41) is 0. The highest BCUT2D eigenvalue weighted by Crippen LogP contribution is 2.43. The Balaban J connectivity index is 1.64. The molecule has 3 rings (SSSR count). The van der Waals surface area contributed by atoms with Crippen LogP contribution in [0.5, 0.6) is 0 Å². The molecule has 3 heterocycles. The lowest BCUT2D eigenvalue weighted by Gasteiger charge is -2.53. The number of hydrogen-bond acceptors (Lipinski definition) is 3. The van der Waals surface area contributed by atoms with E-state index >= 15 is 0 Å². The summed E-state index contributed by atoms with van der Waals surface area (Å²) in [6.07, 6.45) is 7.66. The third kappa shape index (κ3) is 3.30. The molecule has 1 amide bonds. The molecule has 0 bridgehead atoms. The molecule has 0 unspecified atom stereocenters. The smallest absolute Gasteiger partial charge is 0.242 e. The summed E-state index contributed by atoms with van der Waals surface area (Å²) in [4.78, 5) is 19.0. The lowest BCUT2D eigenvalue weighted by molar-refractivity contribution is -0.214. The summed E-state index contributed by atoms with van der Waals surface area (Å²) in [6.45, 7) is 10.7. The zero-order valence-corrected chi connectivity index (χ0v) is 14.8. The number of amides is 1. The normalized spacial score (nSPS) is 30.1. The van der Waals surface area contributed by atoms with E-state index in [1.807, 2.05) is 15.7 Å². The number of rotatable bonds is 3. The van der Waals surface area contributed by atoms with Crippen LogP contribution in [0.4, 0.5) is 0 Å². The van der Waals surface area contributed by atoms with Crippen LogP contribution >= 0.6 is 0 Å². The maximum Gasteiger partial charge on any atom is 0.242 e. The minimum absolute atomic E-state index is 0.0374. The van der Waals surface area contributed by atoms with Crippen molar-refractivity contribution in [3.63, 3.8) is 0 Å². The van der Waals surface area contributed by atoms with Crippen LogP contribution in [0.3, 0.4) is 0 Å². The van der Waals surface area contributed by atoms with Gasteiger partial charge in [0.2, 0.25) is 5.91 Å². The molecular formula is C18H29N3O2. The van der Waals surface area contributed by atoms with Gasteiger partial charge in [0.1, 0.15) is 12.4 Å². The van der Waals surface area contributed by atoms with Crippen LogP contribution in [0.2, 0.25) is 0 Å². The fraction of sp³-hybridized carbons (Fsp3) is 0.778. The van der Waals surface area contributed by atoms with Crippen LogP contribution in [0.25, 0.3) is 0 Å². The SMILES string of the molecule is CCc1nccn1CC(=O)N1CC[C@@]2(C)OC(C)(C)CC[C@H]2C1. The second-order valence-electron chi connectivity index (χ2n) is 7.82. The van der Waals surface area contributed by atoms with Crippen molar-refractivity contribution < 1.29 is 9.53 Å². The van der Waals surface area contributed by atoms with Crippen LogP contribution in [-0.2, 0) is 22.5 Å². The first-order valence-corrected chi connectivity index (χ1v) is 8.81. The minimum Gasteiger partial charge on any atom is -0.369 e. The van der Waals surface area contributed by atoms with E-state index in [2.05, 4.69) is 32.7 Å². The Bertz CT molecular complexity index is 581. The molecule has 2 aliphatic rings. The molecule has 2 fully saturated rings. The van der Waals surface area contributed by atoms with Crippen molar-refractivity contribution in [2.24, 2.45) is 5.92 Å². The second kappa shape index (κ2) is 5.93. The third-order valence-electron chi connectivity index (χ3n) is 5.56. The molecule has 5 heteroatoms. The molecule has 23 heavy (non-hydrogen) atoms. The van der Waals surface area contributed by atoms with Gasteiger partial charge in [0.25, 0.3) is 0 Å². The largest absolute Gasteiger partial charge is 0.369 e. The van der Waals surface area contributed by atoms with Gasteiger partial charge in [-0.2, -0.15) is 0 Å². The lowest BCUT2D eigenvalue weighted by atomic mass is 9.74. The average Bonchev–Trinajstić information content (AvgIpc) is 2.92. The lowest BCUT2D eigenvalue weighted by Crippen LogP contribution is -2.58. The minimum atomic E-state index is -0.0812. The van der Waals surface area contributed by atoms with Gasteiger partial charge >= 0.3 is 0 Å². The zero-order valence-electron chi connectivity index (χ0n) is 14.8. The summed E-state index contributed by atoms with van der Waals surface area (Å²) >= 11 is 0. The van der Waals surface area contributed by atoms with Gasteiger partial charge in [0.15, 0.2) is 0 Å². The topological polar surface area (TPSA) is 47.4 Å². The molecular weight excluding hydrogens is 290 g/mol. The molecule has 128 valence electrons. The predicted octanol–water partition coefficient (Wildman–Crippen LogP) is 2.64. The van der Waals surface area contributed by atoms with Gasteiger partial charge in [0.05, 0.1) is 11.2 Å². The molecule has 0 N–H and O–H groups in total. The van der Waals surface area contributed by atoms with Crippen molar-refractivity contribution in [1.82, 2.24) is 14.5 Å². The van der Waals surface area contributed by atoms with Crippen molar-refractivity contribution in [3.05, 3.63) is 18.2 Å². The number of ether oxygens (including phenoxy) is 1. The monoisotopic (exact) mass is 319 g/mol. The Hall–Kier alpha value is -1.36. The first-order chi connectivity index (χ1) is 10.8.